The first-order valence-electron chi connectivity index (χ1n) is 11.0. The van der Waals surface area contributed by atoms with E-state index in [4.69, 9.17) is 14.0 Å². The molecule has 1 N–H and O–H groups in total. The number of alkyl halides is 1. The van der Waals surface area contributed by atoms with Crippen molar-refractivity contribution in [1.82, 2.24) is 10.5 Å². The monoisotopic (exact) mass is 491 g/mol. The van der Waals surface area contributed by atoms with Gasteiger partial charge in [0, 0.05) is 24.7 Å². The first kappa shape index (κ1) is 24.4. The van der Waals surface area contributed by atoms with Crippen molar-refractivity contribution in [3.8, 4) is 28.6 Å². The lowest BCUT2D eigenvalue weighted by Gasteiger charge is -2.16. The lowest BCUT2D eigenvalue weighted by molar-refractivity contribution is -0.384. The Labute approximate surface area is 205 Å². The summed E-state index contributed by atoms with van der Waals surface area (Å²) in [5, 5.41) is 17.2. The van der Waals surface area contributed by atoms with Gasteiger partial charge in [-0.3, -0.25) is 14.9 Å². The van der Waals surface area contributed by atoms with Gasteiger partial charge < -0.3 is 19.3 Å². The smallest absolute Gasteiger partial charge is 0.273 e. The van der Waals surface area contributed by atoms with Crippen molar-refractivity contribution in [2.45, 2.75) is 13.5 Å². The molecule has 3 aromatic carbocycles. The molecule has 4 rings (SSSR count). The number of nitrogens with one attached hydrogen (secondary N) is 1. The largest absolute Gasteiger partial charge is 0.488 e. The Hall–Kier alpha value is -4.73. The summed E-state index contributed by atoms with van der Waals surface area (Å²) in [6.45, 7) is 1.26. The molecule has 184 valence electrons. The number of nitro benzene ring substituents is 1. The van der Waals surface area contributed by atoms with Gasteiger partial charge in [0.2, 0.25) is 0 Å². The highest BCUT2D eigenvalue weighted by atomic mass is 19.1. The molecule has 9 nitrogen and oxygen atoms in total. The molecule has 0 bridgehead atoms. The van der Waals surface area contributed by atoms with Gasteiger partial charge in [0.15, 0.2) is 11.5 Å². The maximum atomic E-state index is 12.5. The highest BCUT2D eigenvalue weighted by Gasteiger charge is 2.22. The van der Waals surface area contributed by atoms with Crippen molar-refractivity contribution >= 4 is 11.6 Å². The molecule has 0 saturated heterocycles. The first-order valence-corrected chi connectivity index (χ1v) is 11.0. The van der Waals surface area contributed by atoms with Gasteiger partial charge in [-0.2, -0.15) is 0 Å². The van der Waals surface area contributed by atoms with E-state index in [1.807, 2.05) is 37.3 Å². The fraction of sp³-hybridized carbons (Fsp3) is 0.154. The molecule has 0 spiro atoms. The Balaban J connectivity index is 1.72. The van der Waals surface area contributed by atoms with Crippen LogP contribution in [-0.4, -0.2) is 29.2 Å². The van der Waals surface area contributed by atoms with E-state index in [0.29, 0.717) is 22.8 Å². The van der Waals surface area contributed by atoms with Crippen LogP contribution in [0.5, 0.6) is 17.2 Å². The molecule has 0 radical (unpaired) electrons. The summed E-state index contributed by atoms with van der Waals surface area (Å²) >= 11 is 0. The standard InChI is InChI=1S/C26H22FN3O6/c1-17-13-22(34-16-18-5-3-2-4-6-18)25(24-15-21(29-36-24)26(31)28-12-11-27)23(14-17)35-20-9-7-19(8-10-20)30(32)33/h2-10,13-15H,11-12,16H2,1H3,(H,28,31). The minimum atomic E-state index is -0.709. The van der Waals surface area contributed by atoms with E-state index in [2.05, 4.69) is 10.5 Å². The van der Waals surface area contributed by atoms with Crippen LogP contribution >= 0.6 is 0 Å². The van der Waals surface area contributed by atoms with Crippen molar-refractivity contribution < 1.29 is 28.1 Å². The van der Waals surface area contributed by atoms with E-state index in [1.165, 1.54) is 30.3 Å². The molecule has 1 aromatic heterocycles. The number of nitro groups is 1. The molecule has 1 amide bonds. The average Bonchev–Trinajstić information content (AvgIpc) is 3.36. The van der Waals surface area contributed by atoms with Gasteiger partial charge in [0.1, 0.15) is 36.1 Å². The Morgan fingerprint density at radius 1 is 1.08 bits per heavy atom. The van der Waals surface area contributed by atoms with Crippen LogP contribution in [-0.2, 0) is 6.61 Å². The molecule has 10 heteroatoms. The predicted octanol–water partition coefficient (Wildman–Crippen LogP) is 5.63. The van der Waals surface area contributed by atoms with Gasteiger partial charge in [0.25, 0.3) is 11.6 Å². The van der Waals surface area contributed by atoms with Crippen LogP contribution in [0, 0.1) is 17.0 Å². The number of carbonyl (C=O) groups excluding carboxylic acids is 1. The second-order valence-corrected chi connectivity index (χ2v) is 7.78. The number of hydrogen-bond donors (Lipinski definition) is 1. The summed E-state index contributed by atoms with van der Waals surface area (Å²) in [6, 6.07) is 20.1. The van der Waals surface area contributed by atoms with E-state index >= 15 is 0 Å². The van der Waals surface area contributed by atoms with Gasteiger partial charge in [-0.25, -0.2) is 4.39 Å². The number of nitrogens with zero attached hydrogens (tertiary/aromatic N) is 2. The molecule has 0 saturated carbocycles. The Morgan fingerprint density at radius 3 is 2.50 bits per heavy atom. The molecule has 0 fully saturated rings. The number of non-ortho nitro benzene ring substituents is 1. The number of aryl methyl sites for hydroxylation is 1. The van der Waals surface area contributed by atoms with Crippen LogP contribution < -0.4 is 14.8 Å². The zero-order valence-corrected chi connectivity index (χ0v) is 19.3. The fourth-order valence-corrected chi connectivity index (χ4v) is 3.41. The molecular weight excluding hydrogens is 469 g/mol. The van der Waals surface area contributed by atoms with Gasteiger partial charge >= 0.3 is 0 Å². The molecule has 1 heterocycles. The quantitative estimate of drug-likeness (QED) is 0.226. The molecule has 0 aliphatic heterocycles. The number of ether oxygens (including phenoxy) is 2. The van der Waals surface area contributed by atoms with E-state index in [0.717, 1.165) is 11.1 Å². The summed E-state index contributed by atoms with van der Waals surface area (Å²) in [5.41, 5.74) is 2.05. The number of benzene rings is 3. The van der Waals surface area contributed by atoms with Crippen molar-refractivity contribution in [3.05, 3.63) is 99.7 Å². The van der Waals surface area contributed by atoms with Crippen LogP contribution in [0.3, 0.4) is 0 Å². The number of amides is 1. The van der Waals surface area contributed by atoms with Crippen LogP contribution in [0.25, 0.3) is 11.3 Å². The number of aromatic nitrogens is 1. The highest BCUT2D eigenvalue weighted by molar-refractivity contribution is 5.93. The SMILES string of the molecule is Cc1cc(OCc2ccccc2)c(-c2cc(C(=O)NCCF)no2)c(Oc2ccc([N+](=O)[O-])cc2)c1. The summed E-state index contributed by atoms with van der Waals surface area (Å²) in [6.07, 6.45) is 0. The van der Waals surface area contributed by atoms with E-state index in [9.17, 15) is 19.3 Å². The van der Waals surface area contributed by atoms with Crippen LogP contribution in [0.4, 0.5) is 10.1 Å². The van der Waals surface area contributed by atoms with Crippen molar-refractivity contribution in [2.24, 2.45) is 0 Å². The topological polar surface area (TPSA) is 117 Å². The van der Waals surface area contributed by atoms with Crippen LogP contribution in [0.15, 0.2) is 77.3 Å². The second kappa shape index (κ2) is 11.1. The highest BCUT2D eigenvalue weighted by Crippen LogP contribution is 2.42. The lowest BCUT2D eigenvalue weighted by atomic mass is 10.1. The molecule has 0 atom stereocenters. The average molecular weight is 491 g/mol. The molecular formula is C26H22FN3O6. The third-order valence-electron chi connectivity index (χ3n) is 5.09. The summed E-state index contributed by atoms with van der Waals surface area (Å²) < 4.78 is 30.1. The predicted molar refractivity (Wildman–Crippen MR) is 129 cm³/mol. The van der Waals surface area contributed by atoms with Gasteiger partial charge in [-0.1, -0.05) is 35.5 Å². The normalized spacial score (nSPS) is 10.6. The Bertz CT molecular complexity index is 1360. The van der Waals surface area contributed by atoms with Gasteiger partial charge in [-0.05, 0) is 42.3 Å². The minimum Gasteiger partial charge on any atom is -0.488 e. The van der Waals surface area contributed by atoms with Gasteiger partial charge in [-0.15, -0.1) is 0 Å². The van der Waals surface area contributed by atoms with E-state index in [-0.39, 0.29) is 30.3 Å². The number of hydrogen-bond acceptors (Lipinski definition) is 7. The Kier molecular flexibility index (Phi) is 7.54. The zero-order chi connectivity index (χ0) is 25.5. The summed E-state index contributed by atoms with van der Waals surface area (Å²) in [4.78, 5) is 22.7. The minimum absolute atomic E-state index is 0.0330. The zero-order valence-electron chi connectivity index (χ0n) is 19.3. The molecule has 36 heavy (non-hydrogen) atoms. The summed E-state index contributed by atoms with van der Waals surface area (Å²) in [5.74, 6) is 0.711. The van der Waals surface area contributed by atoms with E-state index in [1.54, 1.807) is 12.1 Å². The van der Waals surface area contributed by atoms with Crippen molar-refractivity contribution in [2.75, 3.05) is 13.2 Å². The maximum absolute atomic E-state index is 12.5. The van der Waals surface area contributed by atoms with Crippen LogP contribution in [0.1, 0.15) is 21.6 Å². The second-order valence-electron chi connectivity index (χ2n) is 7.78. The molecule has 0 aliphatic rings. The molecule has 0 unspecified atom stereocenters. The summed E-state index contributed by atoms with van der Waals surface area (Å²) in [7, 11) is 0. The third-order valence-corrected chi connectivity index (χ3v) is 5.09. The third kappa shape index (κ3) is 5.84. The fourth-order valence-electron chi connectivity index (χ4n) is 3.41. The molecule has 4 aromatic rings. The van der Waals surface area contributed by atoms with Crippen LogP contribution in [0.2, 0.25) is 0 Å². The maximum Gasteiger partial charge on any atom is 0.273 e. The number of carbonyl (C=O) groups is 1. The Morgan fingerprint density at radius 2 is 1.81 bits per heavy atom. The van der Waals surface area contributed by atoms with E-state index < -0.39 is 17.5 Å². The number of rotatable bonds is 10. The van der Waals surface area contributed by atoms with Crippen molar-refractivity contribution in [3.63, 3.8) is 0 Å². The first-order chi connectivity index (χ1) is 17.4. The lowest BCUT2D eigenvalue weighted by Crippen LogP contribution is -2.25. The van der Waals surface area contributed by atoms with Gasteiger partial charge in [0.05, 0.1) is 4.92 Å². The molecule has 0 aliphatic carbocycles. The number of halogens is 1. The van der Waals surface area contributed by atoms with Crippen molar-refractivity contribution in [1.29, 1.82) is 0 Å².